The first-order valence-electron chi connectivity index (χ1n) is 10.7. The first-order chi connectivity index (χ1) is 17.0. The molecule has 0 atom stereocenters. The minimum Gasteiger partial charge on any atom is -0.493 e. The zero-order chi connectivity index (χ0) is 24.9. The third-order valence-corrected chi connectivity index (χ3v) is 5.62. The van der Waals surface area contributed by atoms with Crippen molar-refractivity contribution in [3.63, 3.8) is 0 Å². The average Bonchev–Trinajstić information content (AvgIpc) is 3.31. The fraction of sp³-hybridized carbons (Fsp3) is 0.192. The number of rotatable bonds is 9. The zero-order valence-electron chi connectivity index (χ0n) is 19.8. The van der Waals surface area contributed by atoms with E-state index in [0.717, 1.165) is 5.56 Å². The van der Waals surface area contributed by atoms with Crippen molar-refractivity contribution >= 4 is 5.69 Å². The van der Waals surface area contributed by atoms with Crippen molar-refractivity contribution in [3.05, 3.63) is 82.7 Å². The number of nitro benzene ring substituents is 1. The Morgan fingerprint density at radius 2 is 1.49 bits per heavy atom. The maximum atomic E-state index is 11.7. The summed E-state index contributed by atoms with van der Waals surface area (Å²) in [6.07, 6.45) is 1.72. The summed E-state index contributed by atoms with van der Waals surface area (Å²) < 4.78 is 23.7. The molecule has 0 saturated carbocycles. The maximum absolute atomic E-state index is 11.7. The Hall–Kier alpha value is -4.53. The van der Waals surface area contributed by atoms with Gasteiger partial charge in [0.1, 0.15) is 0 Å². The Kier molecular flexibility index (Phi) is 6.86. The van der Waals surface area contributed by atoms with Crippen LogP contribution in [0.1, 0.15) is 5.56 Å². The molecule has 0 bridgehead atoms. The van der Waals surface area contributed by atoms with Crippen LogP contribution in [0.5, 0.6) is 23.0 Å². The van der Waals surface area contributed by atoms with Gasteiger partial charge >= 0.3 is 5.69 Å². The summed E-state index contributed by atoms with van der Waals surface area (Å²) in [4.78, 5) is 16.0. The molecule has 0 amide bonds. The molecule has 1 heterocycles. The summed E-state index contributed by atoms with van der Waals surface area (Å²) in [6.45, 7) is 0.521. The van der Waals surface area contributed by atoms with Crippen LogP contribution in [0.25, 0.3) is 22.5 Å². The van der Waals surface area contributed by atoms with E-state index in [1.165, 1.54) is 20.3 Å². The number of nitro groups is 1. The largest absolute Gasteiger partial charge is 0.493 e. The van der Waals surface area contributed by atoms with Gasteiger partial charge < -0.3 is 23.5 Å². The van der Waals surface area contributed by atoms with Crippen molar-refractivity contribution in [2.45, 2.75) is 6.54 Å². The van der Waals surface area contributed by atoms with Crippen LogP contribution in [0.2, 0.25) is 0 Å². The summed E-state index contributed by atoms with van der Waals surface area (Å²) in [7, 11) is 6.03. The minimum atomic E-state index is -0.459. The third-order valence-electron chi connectivity index (χ3n) is 5.62. The monoisotopic (exact) mass is 475 g/mol. The predicted octanol–water partition coefficient (Wildman–Crippen LogP) is 5.21. The topological polar surface area (TPSA) is 97.9 Å². The fourth-order valence-corrected chi connectivity index (χ4v) is 3.99. The molecule has 0 aliphatic carbocycles. The van der Waals surface area contributed by atoms with Crippen LogP contribution >= 0.6 is 0 Å². The molecule has 0 radical (unpaired) electrons. The molecule has 0 saturated heterocycles. The molecule has 0 aliphatic heterocycles. The normalized spacial score (nSPS) is 10.6. The second-order valence-electron chi connectivity index (χ2n) is 7.61. The molecule has 4 rings (SSSR count). The van der Waals surface area contributed by atoms with E-state index in [9.17, 15) is 10.1 Å². The van der Waals surface area contributed by atoms with Crippen molar-refractivity contribution < 1.29 is 23.9 Å². The molecule has 35 heavy (non-hydrogen) atoms. The van der Waals surface area contributed by atoms with E-state index in [4.69, 9.17) is 23.9 Å². The zero-order valence-corrected chi connectivity index (χ0v) is 19.8. The molecule has 0 spiro atoms. The van der Waals surface area contributed by atoms with Gasteiger partial charge in [0.15, 0.2) is 17.2 Å². The number of nitrogens with zero attached hydrogens (tertiary/aromatic N) is 3. The molecule has 9 nitrogen and oxygen atoms in total. The van der Waals surface area contributed by atoms with Crippen LogP contribution in [-0.2, 0) is 6.54 Å². The highest BCUT2D eigenvalue weighted by atomic mass is 16.6. The van der Waals surface area contributed by atoms with E-state index in [0.29, 0.717) is 46.3 Å². The highest BCUT2D eigenvalue weighted by Gasteiger charge is 2.23. The Bertz CT molecular complexity index is 1330. The quantitative estimate of drug-likeness (QED) is 0.242. The molecule has 3 aromatic carbocycles. The molecule has 4 aromatic rings. The van der Waals surface area contributed by atoms with Crippen molar-refractivity contribution in [1.82, 2.24) is 9.55 Å². The van der Waals surface area contributed by atoms with Crippen LogP contribution in [0.4, 0.5) is 5.69 Å². The number of benzene rings is 3. The summed E-state index contributed by atoms with van der Waals surface area (Å²) in [5.74, 6) is 1.60. The highest BCUT2D eigenvalue weighted by Crippen LogP contribution is 2.43. The minimum absolute atomic E-state index is 0.131. The second-order valence-corrected chi connectivity index (χ2v) is 7.61. The summed E-state index contributed by atoms with van der Waals surface area (Å²) in [5.41, 5.74) is 3.57. The molecule has 1 aromatic heterocycles. The number of imidazole rings is 1. The molecule has 0 aliphatic rings. The van der Waals surface area contributed by atoms with E-state index < -0.39 is 4.92 Å². The number of hydrogen-bond acceptors (Lipinski definition) is 7. The van der Waals surface area contributed by atoms with Gasteiger partial charge in [-0.1, -0.05) is 30.3 Å². The molecule has 0 unspecified atom stereocenters. The van der Waals surface area contributed by atoms with Crippen molar-refractivity contribution in [2.75, 3.05) is 28.4 Å². The third kappa shape index (κ3) is 4.61. The lowest BCUT2D eigenvalue weighted by molar-refractivity contribution is -0.385. The first-order valence-corrected chi connectivity index (χ1v) is 10.7. The van der Waals surface area contributed by atoms with Gasteiger partial charge in [-0.3, -0.25) is 10.1 Å². The van der Waals surface area contributed by atoms with E-state index >= 15 is 0 Å². The van der Waals surface area contributed by atoms with Gasteiger partial charge in [0.2, 0.25) is 5.75 Å². The van der Waals surface area contributed by atoms with E-state index in [-0.39, 0.29) is 11.4 Å². The average molecular weight is 476 g/mol. The molecule has 0 fully saturated rings. The van der Waals surface area contributed by atoms with Crippen LogP contribution in [-0.4, -0.2) is 42.9 Å². The van der Waals surface area contributed by atoms with Gasteiger partial charge in [0, 0.05) is 23.7 Å². The van der Waals surface area contributed by atoms with Crippen molar-refractivity contribution in [3.8, 4) is 45.5 Å². The summed E-state index contributed by atoms with van der Waals surface area (Å²) in [6, 6.07) is 18.4. The van der Waals surface area contributed by atoms with Crippen LogP contribution < -0.4 is 18.9 Å². The van der Waals surface area contributed by atoms with Gasteiger partial charge in [-0.05, 0) is 29.8 Å². The van der Waals surface area contributed by atoms with Crippen molar-refractivity contribution in [1.29, 1.82) is 0 Å². The smallest absolute Gasteiger partial charge is 0.311 e. The first kappa shape index (κ1) is 23.6. The van der Waals surface area contributed by atoms with Crippen LogP contribution in [0, 0.1) is 10.1 Å². The van der Waals surface area contributed by atoms with E-state index in [1.807, 2.05) is 34.9 Å². The number of aromatic nitrogens is 2. The fourth-order valence-electron chi connectivity index (χ4n) is 3.99. The Morgan fingerprint density at radius 1 is 0.829 bits per heavy atom. The lowest BCUT2D eigenvalue weighted by Crippen LogP contribution is -2.02. The number of ether oxygens (including phenoxy) is 4. The van der Waals surface area contributed by atoms with E-state index in [2.05, 4.69) is 0 Å². The predicted molar refractivity (Wildman–Crippen MR) is 132 cm³/mol. The summed E-state index contributed by atoms with van der Waals surface area (Å²) in [5, 5.41) is 11.7. The molecule has 0 N–H and O–H groups in total. The number of hydrogen-bond donors (Lipinski definition) is 0. The van der Waals surface area contributed by atoms with Gasteiger partial charge in [0.25, 0.3) is 0 Å². The van der Waals surface area contributed by atoms with E-state index in [1.54, 1.807) is 44.8 Å². The highest BCUT2D eigenvalue weighted by molar-refractivity contribution is 5.82. The van der Waals surface area contributed by atoms with Gasteiger partial charge in [-0.2, -0.15) is 0 Å². The molecular formula is C26H25N3O6. The lowest BCUT2D eigenvalue weighted by atomic mass is 10.0. The summed E-state index contributed by atoms with van der Waals surface area (Å²) >= 11 is 0. The standard InChI is InChI=1S/C26H25N3O6/c1-32-21-11-10-18(12-20(21)29(30)31)25-24(27-16-28(25)15-17-8-6-5-7-9-17)19-13-22(33-2)26(35-4)23(14-19)34-3/h5-14,16H,15H2,1-4H3. The molecule has 180 valence electrons. The molecular weight excluding hydrogens is 450 g/mol. The number of methoxy groups -OCH3 is 4. The van der Waals surface area contributed by atoms with Crippen LogP contribution in [0.3, 0.4) is 0 Å². The SMILES string of the molecule is COc1ccc(-c2c(-c3cc(OC)c(OC)c(OC)c3)ncn2Cc2ccccc2)cc1[N+](=O)[O-]. The molecule has 9 heteroatoms. The lowest BCUT2D eigenvalue weighted by Gasteiger charge is -2.15. The maximum Gasteiger partial charge on any atom is 0.311 e. The second kappa shape index (κ2) is 10.2. The Labute approximate surface area is 202 Å². The van der Waals surface area contributed by atoms with Gasteiger partial charge in [-0.15, -0.1) is 0 Å². The van der Waals surface area contributed by atoms with Gasteiger partial charge in [0.05, 0.1) is 51.1 Å². The van der Waals surface area contributed by atoms with Crippen molar-refractivity contribution in [2.24, 2.45) is 0 Å². The van der Waals surface area contributed by atoms with Crippen LogP contribution in [0.15, 0.2) is 67.0 Å². The Morgan fingerprint density at radius 3 is 2.06 bits per heavy atom. The van der Waals surface area contributed by atoms with Gasteiger partial charge in [-0.25, -0.2) is 4.98 Å². The Balaban J connectivity index is 1.95.